The number of Topliss-reactive ketones (excluding diaryl/α,β-unsaturated/α-hetero) is 1. The van der Waals surface area contributed by atoms with Gasteiger partial charge in [-0.05, 0) is 40.8 Å². The quantitative estimate of drug-likeness (QED) is 0.531. The maximum atomic E-state index is 13.2. The molecule has 0 aliphatic rings. The molecule has 0 N–H and O–H groups in total. The summed E-state index contributed by atoms with van der Waals surface area (Å²) in [7, 11) is 0. The molecular weight excluding hydrogens is 322 g/mol. The Morgan fingerprint density at radius 3 is 2.61 bits per heavy atom. The van der Waals surface area contributed by atoms with Crippen LogP contribution >= 0.6 is 11.8 Å². The van der Waals surface area contributed by atoms with Crippen LogP contribution in [0.5, 0.6) is 0 Å². The van der Waals surface area contributed by atoms with Crippen molar-refractivity contribution in [2.75, 3.05) is 5.75 Å². The summed E-state index contributed by atoms with van der Waals surface area (Å²) in [5, 5.41) is 11.8. The van der Waals surface area contributed by atoms with Gasteiger partial charge in [0.25, 0.3) is 0 Å². The summed E-state index contributed by atoms with van der Waals surface area (Å²) in [5.74, 6) is -2.35. The fraction of sp³-hybridized carbons (Fsp3) is 0.0667. The first-order chi connectivity index (χ1) is 11.1. The molecule has 0 unspecified atom stereocenters. The number of carbonyl (C=O) groups is 1. The molecule has 3 rings (SSSR count). The highest BCUT2D eigenvalue weighted by Crippen LogP contribution is 2.19. The number of benzene rings is 2. The molecule has 0 bridgehead atoms. The topological polar surface area (TPSA) is 60.7 Å². The highest BCUT2D eigenvalue weighted by atomic mass is 32.2. The minimum atomic E-state index is -1.05. The highest BCUT2D eigenvalue weighted by Gasteiger charge is 2.14. The fourth-order valence-corrected chi connectivity index (χ4v) is 2.67. The van der Waals surface area contributed by atoms with Crippen LogP contribution in [0.15, 0.2) is 53.7 Å². The Morgan fingerprint density at radius 2 is 1.87 bits per heavy atom. The van der Waals surface area contributed by atoms with E-state index in [-0.39, 0.29) is 17.1 Å². The zero-order chi connectivity index (χ0) is 16.2. The van der Waals surface area contributed by atoms with Crippen LogP contribution in [0.2, 0.25) is 0 Å². The predicted octanol–water partition coefficient (Wildman–Crippen LogP) is 2.92. The van der Waals surface area contributed by atoms with Crippen molar-refractivity contribution in [3.05, 3.63) is 65.7 Å². The number of carbonyl (C=O) groups excluding carboxylic acids is 1. The molecule has 0 amide bonds. The Balaban J connectivity index is 1.73. The van der Waals surface area contributed by atoms with Crippen LogP contribution in [0.25, 0.3) is 5.69 Å². The number of hydrogen-bond donors (Lipinski definition) is 0. The lowest BCUT2D eigenvalue weighted by Gasteiger charge is -2.04. The minimum Gasteiger partial charge on any atom is -0.293 e. The smallest absolute Gasteiger partial charge is 0.214 e. The van der Waals surface area contributed by atoms with E-state index in [4.69, 9.17) is 0 Å². The van der Waals surface area contributed by atoms with Gasteiger partial charge in [-0.15, -0.1) is 5.10 Å². The van der Waals surface area contributed by atoms with E-state index in [1.54, 1.807) is 0 Å². The summed E-state index contributed by atoms with van der Waals surface area (Å²) >= 11 is 1.12. The molecule has 0 aliphatic carbocycles. The number of hydrogen-bond acceptors (Lipinski definition) is 5. The number of aromatic nitrogens is 4. The third-order valence-electron chi connectivity index (χ3n) is 3.02. The second kappa shape index (κ2) is 6.66. The van der Waals surface area contributed by atoms with Gasteiger partial charge in [-0.25, -0.2) is 8.78 Å². The van der Waals surface area contributed by atoms with Crippen molar-refractivity contribution in [1.82, 2.24) is 20.2 Å². The Hall–Kier alpha value is -2.61. The van der Waals surface area contributed by atoms with E-state index < -0.39 is 11.6 Å². The Bertz CT molecular complexity index is 839. The first kappa shape index (κ1) is 15.3. The average molecular weight is 332 g/mol. The number of ketones is 1. The van der Waals surface area contributed by atoms with Crippen LogP contribution in [0.1, 0.15) is 10.4 Å². The summed E-state index contributed by atoms with van der Waals surface area (Å²) in [6, 6.07) is 12.3. The van der Waals surface area contributed by atoms with Crippen LogP contribution in [0.4, 0.5) is 8.78 Å². The number of halogens is 2. The first-order valence-corrected chi connectivity index (χ1v) is 7.58. The van der Waals surface area contributed by atoms with Gasteiger partial charge >= 0.3 is 0 Å². The van der Waals surface area contributed by atoms with Gasteiger partial charge < -0.3 is 0 Å². The summed E-state index contributed by atoms with van der Waals surface area (Å²) in [5.41, 5.74) is 0.871. The number of para-hydroxylation sites is 1. The summed E-state index contributed by atoms with van der Waals surface area (Å²) < 4.78 is 27.6. The lowest BCUT2D eigenvalue weighted by molar-refractivity contribution is 0.102. The molecule has 3 aromatic rings. The van der Waals surface area contributed by atoms with Gasteiger partial charge in [0.1, 0.15) is 0 Å². The second-order valence-electron chi connectivity index (χ2n) is 4.55. The monoisotopic (exact) mass is 332 g/mol. The van der Waals surface area contributed by atoms with Crippen molar-refractivity contribution in [2.45, 2.75) is 5.16 Å². The van der Waals surface area contributed by atoms with Gasteiger partial charge in [0.2, 0.25) is 5.16 Å². The van der Waals surface area contributed by atoms with E-state index in [1.807, 2.05) is 30.3 Å². The van der Waals surface area contributed by atoms with E-state index in [0.29, 0.717) is 5.16 Å². The Labute approximate surface area is 134 Å². The Kier molecular flexibility index (Phi) is 4.42. The fourth-order valence-electron chi connectivity index (χ4n) is 1.88. The molecule has 0 fully saturated rings. The molecule has 0 spiro atoms. The SMILES string of the molecule is O=C(CSc1nnnn1-c1ccccc1)c1ccc(F)c(F)c1. The molecule has 116 valence electrons. The van der Waals surface area contributed by atoms with Crippen LogP contribution in [-0.4, -0.2) is 31.7 Å². The second-order valence-corrected chi connectivity index (χ2v) is 5.49. The van der Waals surface area contributed by atoms with Gasteiger partial charge in [0.15, 0.2) is 17.4 Å². The average Bonchev–Trinajstić information content (AvgIpc) is 3.04. The van der Waals surface area contributed by atoms with Crippen LogP contribution in [0, 0.1) is 11.6 Å². The number of nitrogens with zero attached hydrogens (tertiary/aromatic N) is 4. The molecule has 0 atom stereocenters. The van der Waals surface area contributed by atoms with E-state index in [1.165, 1.54) is 10.7 Å². The number of tetrazole rings is 1. The third-order valence-corrected chi connectivity index (χ3v) is 3.93. The summed E-state index contributed by atoms with van der Waals surface area (Å²) in [6.45, 7) is 0. The molecule has 0 saturated heterocycles. The molecule has 0 aliphatic heterocycles. The van der Waals surface area contributed by atoms with Gasteiger partial charge in [-0.1, -0.05) is 30.0 Å². The lowest BCUT2D eigenvalue weighted by Crippen LogP contribution is -2.05. The van der Waals surface area contributed by atoms with Crippen LogP contribution < -0.4 is 0 Å². The van der Waals surface area contributed by atoms with Crippen molar-refractivity contribution in [1.29, 1.82) is 0 Å². The van der Waals surface area contributed by atoms with E-state index in [0.717, 1.165) is 29.6 Å². The zero-order valence-corrected chi connectivity index (χ0v) is 12.5. The summed E-state index contributed by atoms with van der Waals surface area (Å²) in [6.07, 6.45) is 0. The van der Waals surface area contributed by atoms with Crippen molar-refractivity contribution >= 4 is 17.5 Å². The molecule has 0 saturated carbocycles. The molecule has 0 radical (unpaired) electrons. The van der Waals surface area contributed by atoms with Gasteiger partial charge in [0.05, 0.1) is 11.4 Å². The maximum Gasteiger partial charge on any atom is 0.214 e. The van der Waals surface area contributed by atoms with E-state index in [2.05, 4.69) is 15.5 Å². The minimum absolute atomic E-state index is 0.0122. The lowest BCUT2D eigenvalue weighted by atomic mass is 10.1. The molecule has 5 nitrogen and oxygen atoms in total. The van der Waals surface area contributed by atoms with E-state index in [9.17, 15) is 13.6 Å². The Morgan fingerprint density at radius 1 is 1.09 bits per heavy atom. The predicted molar refractivity (Wildman–Crippen MR) is 80.6 cm³/mol. The van der Waals surface area contributed by atoms with Crippen molar-refractivity contribution < 1.29 is 13.6 Å². The van der Waals surface area contributed by atoms with Crippen LogP contribution in [-0.2, 0) is 0 Å². The number of rotatable bonds is 5. The largest absolute Gasteiger partial charge is 0.293 e. The molecule has 23 heavy (non-hydrogen) atoms. The number of thioether (sulfide) groups is 1. The van der Waals surface area contributed by atoms with Crippen molar-refractivity contribution in [3.63, 3.8) is 0 Å². The zero-order valence-electron chi connectivity index (χ0n) is 11.7. The normalized spacial score (nSPS) is 10.7. The van der Waals surface area contributed by atoms with Gasteiger partial charge in [0, 0.05) is 5.56 Å². The molecule has 1 heterocycles. The van der Waals surface area contributed by atoms with Crippen LogP contribution in [0.3, 0.4) is 0 Å². The van der Waals surface area contributed by atoms with Gasteiger partial charge in [-0.3, -0.25) is 4.79 Å². The maximum absolute atomic E-state index is 13.2. The first-order valence-electron chi connectivity index (χ1n) is 6.60. The molecule has 8 heteroatoms. The molecular formula is C15H10F2N4OS. The van der Waals surface area contributed by atoms with Crippen molar-refractivity contribution in [2.24, 2.45) is 0 Å². The molecule has 2 aromatic carbocycles. The van der Waals surface area contributed by atoms with Gasteiger partial charge in [-0.2, -0.15) is 4.68 Å². The van der Waals surface area contributed by atoms with E-state index >= 15 is 0 Å². The standard InChI is InChI=1S/C15H10F2N4OS/c16-12-7-6-10(8-13(12)17)14(22)9-23-15-18-19-20-21(15)11-4-2-1-3-5-11/h1-8H,9H2. The van der Waals surface area contributed by atoms with Crippen molar-refractivity contribution in [3.8, 4) is 5.69 Å². The molecule has 1 aromatic heterocycles. The highest BCUT2D eigenvalue weighted by molar-refractivity contribution is 7.99. The third kappa shape index (κ3) is 3.42. The summed E-state index contributed by atoms with van der Waals surface area (Å²) in [4.78, 5) is 12.1.